The lowest BCUT2D eigenvalue weighted by Gasteiger charge is -2.19. The summed E-state index contributed by atoms with van der Waals surface area (Å²) in [6.07, 6.45) is 2.78. The van der Waals surface area contributed by atoms with Crippen molar-refractivity contribution < 1.29 is 13.6 Å². The zero-order valence-corrected chi connectivity index (χ0v) is 14.5. The van der Waals surface area contributed by atoms with Gasteiger partial charge in [0.05, 0.1) is 0 Å². The second-order valence-electron chi connectivity index (χ2n) is 6.22. The summed E-state index contributed by atoms with van der Waals surface area (Å²) in [5.74, 6) is -0.774. The second kappa shape index (κ2) is 8.41. The number of anilines is 1. The van der Waals surface area contributed by atoms with Crippen molar-refractivity contribution in [2.45, 2.75) is 19.3 Å². The summed E-state index contributed by atoms with van der Waals surface area (Å²) in [7, 11) is 0. The third-order valence-corrected chi connectivity index (χ3v) is 4.69. The molecule has 2 atom stereocenters. The van der Waals surface area contributed by atoms with Crippen LogP contribution in [0.5, 0.6) is 0 Å². The van der Waals surface area contributed by atoms with Crippen molar-refractivity contribution in [3.63, 3.8) is 0 Å². The van der Waals surface area contributed by atoms with Gasteiger partial charge in [-0.15, -0.1) is 12.4 Å². The van der Waals surface area contributed by atoms with E-state index < -0.39 is 5.82 Å². The van der Waals surface area contributed by atoms with E-state index in [-0.39, 0.29) is 36.0 Å². The molecule has 1 fully saturated rings. The first kappa shape index (κ1) is 19.3. The van der Waals surface area contributed by atoms with Crippen molar-refractivity contribution in [2.75, 3.05) is 11.9 Å². The first-order chi connectivity index (χ1) is 11.6. The van der Waals surface area contributed by atoms with Crippen LogP contribution in [0.25, 0.3) is 11.1 Å². The van der Waals surface area contributed by atoms with E-state index in [1.54, 1.807) is 18.2 Å². The number of amides is 1. The van der Waals surface area contributed by atoms with Crippen LogP contribution in [-0.4, -0.2) is 12.5 Å². The third kappa shape index (κ3) is 4.35. The Kier molecular flexibility index (Phi) is 6.51. The standard InChI is InChI=1S/C19H20F2N2O.ClH/c20-14-6-4-12(5-7-14)17-10-15(21)8-9-18(17)23-19(24)16-3-1-2-13(16)11-22;/h4-10,13,16H,1-3,11,22H2,(H,23,24);1H/t13-,16-;/m1./s1. The van der Waals surface area contributed by atoms with Gasteiger partial charge in [0.1, 0.15) is 11.6 Å². The Labute approximate surface area is 152 Å². The highest BCUT2D eigenvalue weighted by molar-refractivity contribution is 5.97. The minimum absolute atomic E-state index is 0. The number of hydrogen-bond acceptors (Lipinski definition) is 2. The first-order valence-corrected chi connectivity index (χ1v) is 8.15. The fourth-order valence-electron chi connectivity index (χ4n) is 3.38. The normalized spacial score (nSPS) is 19.3. The lowest BCUT2D eigenvalue weighted by molar-refractivity contribution is -0.120. The highest BCUT2D eigenvalue weighted by Crippen LogP contribution is 2.34. The van der Waals surface area contributed by atoms with E-state index in [0.717, 1.165) is 19.3 Å². The van der Waals surface area contributed by atoms with Crippen LogP contribution in [-0.2, 0) is 4.79 Å². The Bertz CT molecular complexity index is 737. The topological polar surface area (TPSA) is 55.1 Å². The summed E-state index contributed by atoms with van der Waals surface area (Å²) in [5.41, 5.74) is 7.45. The summed E-state index contributed by atoms with van der Waals surface area (Å²) in [6.45, 7) is 0.492. The third-order valence-electron chi connectivity index (χ3n) is 4.69. The molecule has 6 heteroatoms. The summed E-state index contributed by atoms with van der Waals surface area (Å²) in [6, 6.07) is 9.95. The van der Waals surface area contributed by atoms with Crippen LogP contribution in [0.1, 0.15) is 19.3 Å². The second-order valence-corrected chi connectivity index (χ2v) is 6.22. The van der Waals surface area contributed by atoms with E-state index >= 15 is 0 Å². The predicted octanol–water partition coefficient (Wildman–Crippen LogP) is 4.37. The maximum atomic E-state index is 13.7. The maximum absolute atomic E-state index is 13.7. The molecule has 1 aliphatic rings. The predicted molar refractivity (Wildman–Crippen MR) is 97.6 cm³/mol. The van der Waals surface area contributed by atoms with Crippen LogP contribution in [0.15, 0.2) is 42.5 Å². The molecule has 0 unspecified atom stereocenters. The van der Waals surface area contributed by atoms with Crippen molar-refractivity contribution in [3.8, 4) is 11.1 Å². The Hall–Kier alpha value is -1.98. The minimum Gasteiger partial charge on any atom is -0.330 e. The number of benzene rings is 2. The van der Waals surface area contributed by atoms with Crippen molar-refractivity contribution in [2.24, 2.45) is 17.6 Å². The summed E-state index contributed by atoms with van der Waals surface area (Å²) in [5, 5.41) is 2.90. The molecule has 0 heterocycles. The molecule has 0 saturated heterocycles. The van der Waals surface area contributed by atoms with Gasteiger partial charge in [0.25, 0.3) is 0 Å². The van der Waals surface area contributed by atoms with Crippen LogP contribution in [0.3, 0.4) is 0 Å². The number of nitrogens with one attached hydrogen (secondary N) is 1. The average molecular weight is 367 g/mol. The van der Waals surface area contributed by atoms with Crippen LogP contribution >= 0.6 is 12.4 Å². The quantitative estimate of drug-likeness (QED) is 0.844. The van der Waals surface area contributed by atoms with Gasteiger partial charge in [-0.2, -0.15) is 0 Å². The van der Waals surface area contributed by atoms with Gasteiger partial charge in [-0.25, -0.2) is 8.78 Å². The molecule has 0 radical (unpaired) electrons. The van der Waals surface area contributed by atoms with Gasteiger partial charge in [0.2, 0.25) is 5.91 Å². The van der Waals surface area contributed by atoms with Crippen LogP contribution in [0.2, 0.25) is 0 Å². The molecule has 0 spiro atoms. The average Bonchev–Trinajstić information content (AvgIpc) is 3.06. The van der Waals surface area contributed by atoms with Gasteiger partial charge in [-0.3, -0.25) is 4.79 Å². The van der Waals surface area contributed by atoms with E-state index in [0.29, 0.717) is 23.4 Å². The zero-order chi connectivity index (χ0) is 17.1. The SMILES string of the molecule is Cl.NC[C@H]1CCC[C@H]1C(=O)Nc1ccc(F)cc1-c1ccc(F)cc1. The Balaban J connectivity index is 0.00000225. The first-order valence-electron chi connectivity index (χ1n) is 8.15. The highest BCUT2D eigenvalue weighted by atomic mass is 35.5. The number of rotatable bonds is 4. The molecular weight excluding hydrogens is 346 g/mol. The van der Waals surface area contributed by atoms with E-state index in [9.17, 15) is 13.6 Å². The number of halogens is 3. The molecule has 1 saturated carbocycles. The number of hydrogen-bond donors (Lipinski definition) is 2. The Morgan fingerprint density at radius 3 is 2.44 bits per heavy atom. The van der Waals surface area contributed by atoms with Crippen LogP contribution in [0, 0.1) is 23.5 Å². The lowest BCUT2D eigenvalue weighted by atomic mass is 9.95. The molecule has 1 aliphatic carbocycles. The van der Waals surface area contributed by atoms with Crippen LogP contribution < -0.4 is 11.1 Å². The molecule has 3 N–H and O–H groups in total. The van der Waals surface area contributed by atoms with Gasteiger partial charge in [0.15, 0.2) is 0 Å². The summed E-state index contributed by atoms with van der Waals surface area (Å²) < 4.78 is 26.8. The van der Waals surface area contributed by atoms with Gasteiger partial charge in [0, 0.05) is 17.2 Å². The molecule has 0 aromatic heterocycles. The van der Waals surface area contributed by atoms with Gasteiger partial charge in [-0.05, 0) is 61.2 Å². The van der Waals surface area contributed by atoms with Gasteiger partial charge >= 0.3 is 0 Å². The van der Waals surface area contributed by atoms with Crippen LogP contribution in [0.4, 0.5) is 14.5 Å². The molecule has 1 amide bonds. The smallest absolute Gasteiger partial charge is 0.227 e. The fourth-order valence-corrected chi connectivity index (χ4v) is 3.38. The number of carbonyl (C=O) groups is 1. The molecular formula is C19H21ClF2N2O. The molecule has 2 aromatic carbocycles. The van der Waals surface area contributed by atoms with Crippen molar-refractivity contribution in [3.05, 3.63) is 54.1 Å². The molecule has 134 valence electrons. The lowest BCUT2D eigenvalue weighted by Crippen LogP contribution is -2.29. The monoisotopic (exact) mass is 366 g/mol. The Morgan fingerprint density at radius 2 is 1.76 bits per heavy atom. The number of nitrogens with two attached hydrogens (primary N) is 1. The largest absolute Gasteiger partial charge is 0.330 e. The van der Waals surface area contributed by atoms with E-state index in [1.807, 2.05) is 0 Å². The zero-order valence-electron chi connectivity index (χ0n) is 13.7. The fraction of sp³-hybridized carbons (Fsp3) is 0.316. The van der Waals surface area contributed by atoms with Crippen molar-refractivity contribution in [1.29, 1.82) is 0 Å². The molecule has 3 nitrogen and oxygen atoms in total. The Morgan fingerprint density at radius 1 is 1.08 bits per heavy atom. The summed E-state index contributed by atoms with van der Waals surface area (Å²) in [4.78, 5) is 12.6. The molecule has 2 aromatic rings. The molecule has 0 aliphatic heterocycles. The van der Waals surface area contributed by atoms with Gasteiger partial charge < -0.3 is 11.1 Å². The van der Waals surface area contributed by atoms with Gasteiger partial charge in [-0.1, -0.05) is 18.6 Å². The number of carbonyl (C=O) groups excluding carboxylic acids is 1. The van der Waals surface area contributed by atoms with E-state index in [2.05, 4.69) is 5.32 Å². The highest BCUT2D eigenvalue weighted by Gasteiger charge is 2.32. The van der Waals surface area contributed by atoms with Crippen molar-refractivity contribution in [1.82, 2.24) is 0 Å². The maximum Gasteiger partial charge on any atom is 0.227 e. The molecule has 0 bridgehead atoms. The minimum atomic E-state index is -0.409. The molecule has 3 rings (SSSR count). The van der Waals surface area contributed by atoms with Crippen molar-refractivity contribution >= 4 is 24.0 Å². The van der Waals surface area contributed by atoms with E-state index in [4.69, 9.17) is 5.73 Å². The summed E-state index contributed by atoms with van der Waals surface area (Å²) >= 11 is 0. The van der Waals surface area contributed by atoms with E-state index in [1.165, 1.54) is 24.3 Å². The molecule has 25 heavy (non-hydrogen) atoms.